The Morgan fingerprint density at radius 3 is 2.14 bits per heavy atom. The third kappa shape index (κ3) is 5.49. The number of nitrogens with one attached hydrogen (secondary N) is 2. The number of aliphatic hydroxyl groups is 2. The third-order valence-corrected chi connectivity index (χ3v) is 5.49. The first-order chi connectivity index (χ1) is 13.0. The smallest absolute Gasteiger partial charge is 0.297 e. The quantitative estimate of drug-likeness (QED) is 0.422. The van der Waals surface area contributed by atoms with Crippen molar-refractivity contribution >= 4 is 21.9 Å². The fourth-order valence-electron chi connectivity index (χ4n) is 2.84. The number of carbonyl (C=O) groups is 2. The van der Waals surface area contributed by atoms with Gasteiger partial charge in [0.15, 0.2) is 6.29 Å². The Morgan fingerprint density at radius 1 is 1.07 bits per heavy atom. The van der Waals surface area contributed by atoms with Crippen molar-refractivity contribution in [2.24, 2.45) is 0 Å². The van der Waals surface area contributed by atoms with Crippen LogP contribution in [0.5, 0.6) is 0 Å². The molecule has 5 atom stereocenters. The maximum Gasteiger partial charge on any atom is 0.297 e. The maximum absolute atomic E-state index is 12.3. The second kappa shape index (κ2) is 8.97. The molecule has 4 N–H and O–H groups in total. The lowest BCUT2D eigenvalue weighted by Gasteiger charge is -2.43. The molecule has 0 aliphatic carbocycles. The van der Waals surface area contributed by atoms with Crippen LogP contribution in [0.1, 0.15) is 19.4 Å². The highest BCUT2D eigenvalue weighted by Crippen LogP contribution is 2.22. The molecule has 11 heteroatoms. The van der Waals surface area contributed by atoms with Crippen molar-refractivity contribution in [3.63, 3.8) is 0 Å². The molecule has 1 aliphatic heterocycles. The molecule has 2 amide bonds. The predicted octanol–water partition coefficient (Wildman–Crippen LogP) is -1.21. The Bertz CT molecular complexity index is 811. The van der Waals surface area contributed by atoms with Gasteiger partial charge in [0.1, 0.15) is 18.2 Å². The van der Waals surface area contributed by atoms with E-state index in [0.29, 0.717) is 0 Å². The summed E-state index contributed by atoms with van der Waals surface area (Å²) in [5.74, 6) is -1.04. The lowest BCUT2D eigenvalue weighted by molar-refractivity contribution is -0.224. The summed E-state index contributed by atoms with van der Waals surface area (Å²) in [7, 11) is -4.12. The Labute approximate surface area is 163 Å². The van der Waals surface area contributed by atoms with Gasteiger partial charge in [-0.3, -0.25) is 13.8 Å². The van der Waals surface area contributed by atoms with E-state index < -0.39 is 59.1 Å². The Morgan fingerprint density at radius 2 is 1.61 bits per heavy atom. The van der Waals surface area contributed by atoms with E-state index in [1.54, 1.807) is 19.1 Å². The van der Waals surface area contributed by atoms with E-state index in [-0.39, 0.29) is 4.90 Å². The summed E-state index contributed by atoms with van der Waals surface area (Å²) >= 11 is 0. The molecule has 1 fully saturated rings. The molecule has 0 bridgehead atoms. The topological polar surface area (TPSA) is 151 Å². The zero-order valence-corrected chi connectivity index (χ0v) is 16.5. The van der Waals surface area contributed by atoms with Crippen LogP contribution in [-0.2, 0) is 28.6 Å². The molecule has 0 spiro atoms. The van der Waals surface area contributed by atoms with Gasteiger partial charge in [0, 0.05) is 13.8 Å². The van der Waals surface area contributed by atoms with Crippen molar-refractivity contribution in [3.8, 4) is 0 Å². The van der Waals surface area contributed by atoms with Crippen LogP contribution in [0.25, 0.3) is 0 Å². The SMILES string of the molecule is CC(=O)N[C@@H]1C(COS(=O)(=O)c2ccc(C)cc2)O[C@@H](O)[C@H](NC(C)=O)C1O. The number of aryl methyl sites for hydroxylation is 1. The van der Waals surface area contributed by atoms with Gasteiger partial charge in [-0.2, -0.15) is 8.42 Å². The summed E-state index contributed by atoms with van der Waals surface area (Å²) in [5.41, 5.74) is 0.871. The van der Waals surface area contributed by atoms with Gasteiger partial charge >= 0.3 is 0 Å². The minimum Gasteiger partial charge on any atom is -0.389 e. The number of amides is 2. The number of hydrogen-bond donors (Lipinski definition) is 4. The zero-order chi connectivity index (χ0) is 21.1. The van der Waals surface area contributed by atoms with E-state index in [4.69, 9.17) is 8.92 Å². The number of rotatable bonds is 6. The number of hydrogen-bond acceptors (Lipinski definition) is 8. The van der Waals surface area contributed by atoms with Crippen LogP contribution in [0.3, 0.4) is 0 Å². The summed E-state index contributed by atoms with van der Waals surface area (Å²) in [5, 5.41) is 25.3. The van der Waals surface area contributed by atoms with Gasteiger partial charge in [-0.05, 0) is 19.1 Å². The zero-order valence-electron chi connectivity index (χ0n) is 15.7. The van der Waals surface area contributed by atoms with Crippen LogP contribution in [0.2, 0.25) is 0 Å². The van der Waals surface area contributed by atoms with Crippen LogP contribution in [0, 0.1) is 6.92 Å². The first-order valence-electron chi connectivity index (χ1n) is 8.53. The first-order valence-corrected chi connectivity index (χ1v) is 9.94. The number of ether oxygens (including phenoxy) is 1. The van der Waals surface area contributed by atoms with Crippen LogP contribution in [-0.4, -0.2) is 67.6 Å². The Kier molecular flexibility index (Phi) is 7.12. The van der Waals surface area contributed by atoms with Crippen molar-refractivity contribution in [2.75, 3.05) is 6.61 Å². The van der Waals surface area contributed by atoms with E-state index in [9.17, 15) is 28.2 Å². The minimum atomic E-state index is -4.12. The molecule has 1 heterocycles. The highest BCUT2D eigenvalue weighted by Gasteiger charge is 2.46. The average molecular weight is 416 g/mol. The number of benzene rings is 1. The van der Waals surface area contributed by atoms with Gasteiger partial charge in [-0.1, -0.05) is 17.7 Å². The molecule has 2 rings (SSSR count). The minimum absolute atomic E-state index is 0.0674. The molecule has 0 saturated carbocycles. The summed E-state index contributed by atoms with van der Waals surface area (Å²) in [6.07, 6.45) is -4.24. The van der Waals surface area contributed by atoms with Gasteiger partial charge in [-0.15, -0.1) is 0 Å². The molecule has 0 aromatic heterocycles. The first kappa shape index (κ1) is 22.2. The van der Waals surface area contributed by atoms with Crippen LogP contribution < -0.4 is 10.6 Å². The average Bonchev–Trinajstić information content (AvgIpc) is 2.59. The van der Waals surface area contributed by atoms with E-state index >= 15 is 0 Å². The van der Waals surface area contributed by atoms with E-state index in [2.05, 4.69) is 10.6 Å². The number of aliphatic hydroxyl groups excluding tert-OH is 2. The van der Waals surface area contributed by atoms with Crippen LogP contribution in [0.4, 0.5) is 0 Å². The lowest BCUT2D eigenvalue weighted by atomic mass is 9.94. The molecule has 1 aliphatic rings. The van der Waals surface area contributed by atoms with Gasteiger partial charge < -0.3 is 25.6 Å². The largest absolute Gasteiger partial charge is 0.389 e. The summed E-state index contributed by atoms with van der Waals surface area (Å²) in [6, 6.07) is 3.66. The van der Waals surface area contributed by atoms with E-state index in [1.165, 1.54) is 26.0 Å². The normalized spacial score (nSPS) is 27.8. The summed E-state index contributed by atoms with van der Waals surface area (Å²) < 4.78 is 35.0. The second-order valence-corrected chi connectivity index (χ2v) is 8.18. The molecule has 0 radical (unpaired) electrons. The second-order valence-electron chi connectivity index (χ2n) is 6.56. The van der Waals surface area contributed by atoms with Crippen molar-refractivity contribution in [2.45, 2.75) is 56.2 Å². The number of carbonyl (C=O) groups excluding carboxylic acids is 2. The van der Waals surface area contributed by atoms with Crippen molar-refractivity contribution in [1.29, 1.82) is 0 Å². The van der Waals surface area contributed by atoms with Crippen molar-refractivity contribution < 1.29 is 37.1 Å². The van der Waals surface area contributed by atoms with Gasteiger partial charge in [-0.25, -0.2) is 0 Å². The fourth-order valence-corrected chi connectivity index (χ4v) is 3.76. The molecular weight excluding hydrogens is 392 g/mol. The Balaban J connectivity index is 2.16. The van der Waals surface area contributed by atoms with E-state index in [0.717, 1.165) is 5.56 Å². The Hall–Kier alpha value is -2.05. The molecule has 156 valence electrons. The van der Waals surface area contributed by atoms with Crippen LogP contribution in [0.15, 0.2) is 29.2 Å². The van der Waals surface area contributed by atoms with Gasteiger partial charge in [0.25, 0.3) is 10.1 Å². The molecule has 1 aromatic carbocycles. The van der Waals surface area contributed by atoms with E-state index in [1.807, 2.05) is 0 Å². The van der Waals surface area contributed by atoms with Gasteiger partial charge in [0.05, 0.1) is 17.5 Å². The lowest BCUT2D eigenvalue weighted by Crippen LogP contribution is -2.68. The van der Waals surface area contributed by atoms with Crippen molar-refractivity contribution in [3.05, 3.63) is 29.8 Å². The summed E-state index contributed by atoms with van der Waals surface area (Å²) in [4.78, 5) is 22.7. The maximum atomic E-state index is 12.3. The van der Waals surface area contributed by atoms with Crippen LogP contribution >= 0.6 is 0 Å². The molecule has 1 aromatic rings. The molecule has 28 heavy (non-hydrogen) atoms. The molecular formula is C17H24N2O8S. The highest BCUT2D eigenvalue weighted by atomic mass is 32.2. The molecule has 1 saturated heterocycles. The molecule has 2 unspecified atom stereocenters. The third-order valence-electron chi connectivity index (χ3n) is 4.19. The predicted molar refractivity (Wildman–Crippen MR) is 96.4 cm³/mol. The standard InChI is InChI=1S/C17H24N2O8S/c1-9-4-6-12(7-5-9)28(24,25)26-8-13-14(18-10(2)20)16(22)15(17(23)27-13)19-11(3)21/h4-7,13-17,22-23H,8H2,1-3H3,(H,18,20)(H,19,21)/t13?,14-,15-,16?,17-/m1/s1. The van der Waals surface area contributed by atoms with Crippen molar-refractivity contribution in [1.82, 2.24) is 10.6 Å². The fraction of sp³-hybridized carbons (Fsp3) is 0.529. The van der Waals surface area contributed by atoms with Gasteiger partial charge in [0.2, 0.25) is 11.8 Å². The highest BCUT2D eigenvalue weighted by molar-refractivity contribution is 7.86. The monoisotopic (exact) mass is 416 g/mol. The molecule has 10 nitrogen and oxygen atoms in total. The summed E-state index contributed by atoms with van der Waals surface area (Å²) in [6.45, 7) is 3.63.